The zero-order valence-corrected chi connectivity index (χ0v) is 11.5. The van der Waals surface area contributed by atoms with Crippen LogP contribution in [-0.4, -0.2) is 47.5 Å². The van der Waals surface area contributed by atoms with E-state index in [2.05, 4.69) is 4.52 Å². The monoisotopic (exact) mass is 264 g/mol. The Morgan fingerprint density at radius 2 is 1.62 bits per heavy atom. The summed E-state index contributed by atoms with van der Waals surface area (Å²) in [5.41, 5.74) is 0. The van der Waals surface area contributed by atoms with Crippen LogP contribution in [0.5, 0.6) is 5.75 Å². The van der Waals surface area contributed by atoms with Crippen molar-refractivity contribution in [2.75, 3.05) is 0 Å². The maximum Gasteiger partial charge on any atom is 2.00 e. The normalized spacial score (nSPS) is 10.9. The molecule has 0 saturated carbocycles. The van der Waals surface area contributed by atoms with Crippen LogP contribution in [0.4, 0.5) is 0 Å². The Morgan fingerprint density at radius 3 is 2.31 bits per heavy atom. The molecule has 0 bridgehead atoms. The number of hydrogen-bond acceptors (Lipinski definition) is 2. The number of phosphoric ester groups is 1. The van der Waals surface area contributed by atoms with Crippen molar-refractivity contribution in [3.05, 3.63) is 42.5 Å². The van der Waals surface area contributed by atoms with Crippen molar-refractivity contribution in [3.63, 3.8) is 0 Å². The molecule has 16 heavy (non-hydrogen) atoms. The van der Waals surface area contributed by atoms with Gasteiger partial charge in [-0.15, -0.1) is 0 Å². The van der Waals surface area contributed by atoms with Crippen molar-refractivity contribution in [3.8, 4) is 5.75 Å². The molecular formula is C10H9CaO4P+2. The minimum atomic E-state index is -4.49. The minimum absolute atomic E-state index is 0. The molecule has 2 N–H and O–H groups in total. The number of rotatable bonds is 2. The fourth-order valence-electron chi connectivity index (χ4n) is 1.40. The largest absolute Gasteiger partial charge is 2.00 e. The van der Waals surface area contributed by atoms with Crippen molar-refractivity contribution < 1.29 is 18.9 Å². The number of fused-ring (bicyclic) bond motifs is 1. The molecule has 0 amide bonds. The van der Waals surface area contributed by atoms with E-state index in [1.165, 1.54) is 6.07 Å². The summed E-state index contributed by atoms with van der Waals surface area (Å²) < 4.78 is 15.3. The molecule has 78 valence electrons. The molecule has 0 fully saturated rings. The fraction of sp³-hybridized carbons (Fsp3) is 0. The van der Waals surface area contributed by atoms with Crippen LogP contribution in [0.3, 0.4) is 0 Å². The van der Waals surface area contributed by atoms with Crippen LogP contribution in [-0.2, 0) is 4.57 Å². The SMILES string of the molecule is O=P(O)(O)Oc1cccc2ccccc12.[Ca+2]. The molecule has 2 aromatic carbocycles. The Labute approximate surface area is 122 Å². The fourth-order valence-corrected chi connectivity index (χ4v) is 1.82. The summed E-state index contributed by atoms with van der Waals surface area (Å²) in [6.45, 7) is 0. The van der Waals surface area contributed by atoms with Crippen molar-refractivity contribution in [2.24, 2.45) is 0 Å². The van der Waals surface area contributed by atoms with E-state index in [1.54, 1.807) is 18.2 Å². The van der Waals surface area contributed by atoms with Crippen molar-refractivity contribution in [1.29, 1.82) is 0 Å². The summed E-state index contributed by atoms with van der Waals surface area (Å²) in [6, 6.07) is 12.3. The second kappa shape index (κ2) is 5.50. The van der Waals surface area contributed by atoms with Crippen molar-refractivity contribution >= 4 is 56.3 Å². The molecule has 6 heteroatoms. The maximum absolute atomic E-state index is 10.7. The van der Waals surface area contributed by atoms with Gasteiger partial charge in [0.1, 0.15) is 5.75 Å². The molecule has 0 aliphatic rings. The molecule has 0 atom stereocenters. The van der Waals surface area contributed by atoms with Gasteiger partial charge < -0.3 is 4.52 Å². The molecule has 0 aromatic heterocycles. The molecule has 0 aliphatic heterocycles. The average molecular weight is 264 g/mol. The van der Waals surface area contributed by atoms with E-state index in [0.29, 0.717) is 5.39 Å². The predicted molar refractivity (Wildman–Crippen MR) is 62.4 cm³/mol. The zero-order chi connectivity index (χ0) is 10.9. The first kappa shape index (κ1) is 14.0. The topological polar surface area (TPSA) is 66.8 Å². The van der Waals surface area contributed by atoms with E-state index in [0.717, 1.165) is 5.39 Å². The van der Waals surface area contributed by atoms with E-state index in [4.69, 9.17) is 9.79 Å². The second-order valence-electron chi connectivity index (χ2n) is 3.06. The van der Waals surface area contributed by atoms with Gasteiger partial charge in [-0.05, 0) is 11.5 Å². The number of hydrogen-bond donors (Lipinski definition) is 2. The third kappa shape index (κ3) is 3.45. The van der Waals surface area contributed by atoms with Crippen LogP contribution in [0.2, 0.25) is 0 Å². The Bertz CT molecular complexity index is 532. The minimum Gasteiger partial charge on any atom is -0.404 e. The van der Waals surface area contributed by atoms with Gasteiger partial charge in [-0.3, -0.25) is 9.79 Å². The van der Waals surface area contributed by atoms with Crippen LogP contribution >= 0.6 is 7.82 Å². The molecule has 0 aliphatic carbocycles. The summed E-state index contributed by atoms with van der Waals surface area (Å²) in [7, 11) is -4.49. The Kier molecular flexibility index (Phi) is 4.80. The quantitative estimate of drug-likeness (QED) is 0.642. The summed E-state index contributed by atoms with van der Waals surface area (Å²) >= 11 is 0. The smallest absolute Gasteiger partial charge is 0.404 e. The third-order valence-corrected chi connectivity index (χ3v) is 2.40. The molecule has 4 nitrogen and oxygen atoms in total. The Morgan fingerprint density at radius 1 is 1.00 bits per heavy atom. The molecule has 0 radical (unpaired) electrons. The number of benzene rings is 2. The third-order valence-electron chi connectivity index (χ3n) is 1.97. The summed E-state index contributed by atoms with van der Waals surface area (Å²) in [5, 5.41) is 1.56. The maximum atomic E-state index is 10.7. The van der Waals surface area contributed by atoms with Crippen LogP contribution in [0.15, 0.2) is 42.5 Å². The zero-order valence-electron chi connectivity index (χ0n) is 8.41. The predicted octanol–water partition coefficient (Wildman–Crippen LogP) is 1.93. The van der Waals surface area contributed by atoms with Gasteiger partial charge in [0.05, 0.1) is 0 Å². The first-order valence-corrected chi connectivity index (χ1v) is 5.82. The summed E-state index contributed by atoms with van der Waals surface area (Å²) in [6.07, 6.45) is 0. The van der Waals surface area contributed by atoms with E-state index >= 15 is 0 Å². The molecule has 2 aromatic rings. The second-order valence-corrected chi connectivity index (χ2v) is 4.22. The van der Waals surface area contributed by atoms with Gasteiger partial charge in [-0.25, -0.2) is 4.57 Å². The van der Waals surface area contributed by atoms with E-state index < -0.39 is 7.82 Å². The van der Waals surface area contributed by atoms with Crippen molar-refractivity contribution in [2.45, 2.75) is 0 Å². The molecule has 0 spiro atoms. The first-order valence-electron chi connectivity index (χ1n) is 4.29. The van der Waals surface area contributed by atoms with Gasteiger partial charge in [-0.1, -0.05) is 36.4 Å². The van der Waals surface area contributed by atoms with Gasteiger partial charge in [0.2, 0.25) is 0 Å². The number of phosphoric acid groups is 1. The standard InChI is InChI=1S/C10H9O4P.Ca/c11-15(12,13)14-10-7-3-5-8-4-1-2-6-9(8)10;/h1-7H,(H2,11,12,13);/q;+2. The Balaban J connectivity index is 0.00000128. The van der Waals surface area contributed by atoms with Gasteiger partial charge >= 0.3 is 45.6 Å². The molecule has 0 unspecified atom stereocenters. The van der Waals surface area contributed by atoms with E-state index in [9.17, 15) is 4.57 Å². The summed E-state index contributed by atoms with van der Waals surface area (Å²) in [5.74, 6) is 0.196. The van der Waals surface area contributed by atoms with Crippen LogP contribution in [0, 0.1) is 0 Å². The van der Waals surface area contributed by atoms with Gasteiger partial charge in [0.15, 0.2) is 0 Å². The average Bonchev–Trinajstić information content (AvgIpc) is 2.16. The van der Waals surface area contributed by atoms with Crippen LogP contribution in [0.1, 0.15) is 0 Å². The first-order chi connectivity index (χ1) is 7.06. The molecule has 0 saturated heterocycles. The van der Waals surface area contributed by atoms with Crippen molar-refractivity contribution in [1.82, 2.24) is 0 Å². The molecular weight excluding hydrogens is 255 g/mol. The molecule has 2 rings (SSSR count). The summed E-state index contributed by atoms with van der Waals surface area (Å²) in [4.78, 5) is 17.4. The van der Waals surface area contributed by atoms with Crippen LogP contribution in [0.25, 0.3) is 10.8 Å². The molecule has 0 heterocycles. The van der Waals surface area contributed by atoms with E-state index in [-0.39, 0.29) is 43.5 Å². The van der Waals surface area contributed by atoms with Crippen LogP contribution < -0.4 is 4.52 Å². The van der Waals surface area contributed by atoms with Gasteiger partial charge in [0.25, 0.3) is 0 Å². The van der Waals surface area contributed by atoms with E-state index in [1.807, 2.05) is 18.2 Å². The van der Waals surface area contributed by atoms with Gasteiger partial charge in [-0.2, -0.15) is 0 Å². The van der Waals surface area contributed by atoms with Gasteiger partial charge in [0, 0.05) is 5.39 Å². The Hall–Kier alpha value is -0.0903.